The zero-order valence-electron chi connectivity index (χ0n) is 25.1. The maximum atomic E-state index is 11.9. The average Bonchev–Trinajstić information content (AvgIpc) is 2.94. The highest BCUT2D eigenvalue weighted by Gasteiger charge is 2.25. The number of nitrogens with one attached hydrogen (secondary N) is 2. The summed E-state index contributed by atoms with van der Waals surface area (Å²) in [7, 11) is 1.63. The number of aromatic nitrogens is 2. The maximum Gasteiger partial charge on any atom is 0.225 e. The Balaban J connectivity index is 0.000000371. The number of ether oxygens (including phenoxy) is 1. The van der Waals surface area contributed by atoms with E-state index >= 15 is 0 Å². The number of piperidine rings is 1. The quantitative estimate of drug-likeness (QED) is 0.411. The SMILES string of the molecule is CC.CCC(=O)N1CCCC(Nc2ncnc3c2CCC(=O)N3)C1.CCC(C)C.COc1cc(C)cc(Cl)c1. The van der Waals surface area contributed by atoms with E-state index in [4.69, 9.17) is 16.3 Å². The van der Waals surface area contributed by atoms with Gasteiger partial charge in [0.25, 0.3) is 0 Å². The summed E-state index contributed by atoms with van der Waals surface area (Å²) in [5.41, 5.74) is 2.07. The zero-order valence-corrected chi connectivity index (χ0v) is 25.8. The molecule has 3 heterocycles. The van der Waals surface area contributed by atoms with Crippen LogP contribution < -0.4 is 15.4 Å². The highest BCUT2D eigenvalue weighted by Crippen LogP contribution is 2.27. The number of methoxy groups -OCH3 is 1. The molecule has 1 aromatic carbocycles. The fraction of sp³-hybridized carbons (Fsp3) is 0.600. The van der Waals surface area contributed by atoms with Crippen LogP contribution in [0.15, 0.2) is 24.5 Å². The third-order valence-corrected chi connectivity index (χ3v) is 6.51. The predicted molar refractivity (Wildman–Crippen MR) is 162 cm³/mol. The molecule has 2 aromatic rings. The Hall–Kier alpha value is -2.87. The van der Waals surface area contributed by atoms with Crippen molar-refractivity contribution in [2.75, 3.05) is 30.8 Å². The number of fused-ring (bicyclic) bond motifs is 1. The second kappa shape index (κ2) is 18.4. The number of aryl methyl sites for hydroxylation is 1. The molecule has 1 atom stereocenters. The minimum Gasteiger partial charge on any atom is -0.497 e. The van der Waals surface area contributed by atoms with Gasteiger partial charge in [0.15, 0.2) is 0 Å². The molecule has 39 heavy (non-hydrogen) atoms. The molecule has 8 nitrogen and oxygen atoms in total. The van der Waals surface area contributed by atoms with Crippen LogP contribution in [0.4, 0.5) is 11.6 Å². The van der Waals surface area contributed by atoms with Gasteiger partial charge in [0, 0.05) is 42.6 Å². The Morgan fingerprint density at radius 2 is 1.90 bits per heavy atom. The molecular formula is C30H48ClN5O3. The average molecular weight is 562 g/mol. The second-order valence-electron chi connectivity index (χ2n) is 9.74. The summed E-state index contributed by atoms with van der Waals surface area (Å²) in [6, 6.07) is 5.81. The Morgan fingerprint density at radius 3 is 2.49 bits per heavy atom. The number of carbonyl (C=O) groups excluding carboxylic acids is 2. The van der Waals surface area contributed by atoms with Gasteiger partial charge in [-0.1, -0.05) is 59.6 Å². The van der Waals surface area contributed by atoms with E-state index in [0.29, 0.717) is 31.6 Å². The highest BCUT2D eigenvalue weighted by molar-refractivity contribution is 6.30. The summed E-state index contributed by atoms with van der Waals surface area (Å²) in [5.74, 6) is 3.27. The van der Waals surface area contributed by atoms with E-state index in [2.05, 4.69) is 41.4 Å². The first-order chi connectivity index (χ1) is 18.7. The van der Waals surface area contributed by atoms with E-state index in [1.54, 1.807) is 13.2 Å². The normalized spacial score (nSPS) is 15.7. The number of rotatable bonds is 5. The van der Waals surface area contributed by atoms with Gasteiger partial charge in [0.05, 0.1) is 7.11 Å². The highest BCUT2D eigenvalue weighted by atomic mass is 35.5. The Kier molecular flexibility index (Phi) is 16.1. The lowest BCUT2D eigenvalue weighted by molar-refractivity contribution is -0.131. The van der Waals surface area contributed by atoms with Crippen LogP contribution in [0.1, 0.15) is 84.8 Å². The van der Waals surface area contributed by atoms with Crippen molar-refractivity contribution in [3.8, 4) is 5.75 Å². The summed E-state index contributed by atoms with van der Waals surface area (Å²) < 4.78 is 4.99. The predicted octanol–water partition coefficient (Wildman–Crippen LogP) is 6.91. The minimum absolute atomic E-state index is 0.00506. The molecule has 2 amide bonds. The fourth-order valence-electron chi connectivity index (χ4n) is 3.87. The van der Waals surface area contributed by atoms with Crippen molar-refractivity contribution in [3.05, 3.63) is 40.7 Å². The number of hydrogen-bond donors (Lipinski definition) is 2. The van der Waals surface area contributed by atoms with Gasteiger partial charge in [-0.3, -0.25) is 9.59 Å². The number of carbonyl (C=O) groups is 2. The van der Waals surface area contributed by atoms with Crippen LogP contribution in [0.25, 0.3) is 0 Å². The van der Waals surface area contributed by atoms with Crippen LogP contribution >= 0.6 is 11.6 Å². The van der Waals surface area contributed by atoms with E-state index in [-0.39, 0.29) is 17.9 Å². The molecule has 2 aliphatic rings. The van der Waals surface area contributed by atoms with Gasteiger partial charge in [0.1, 0.15) is 23.7 Å². The van der Waals surface area contributed by atoms with Gasteiger partial charge in [-0.25, -0.2) is 9.97 Å². The smallest absolute Gasteiger partial charge is 0.225 e. The monoisotopic (exact) mass is 561 g/mol. The topological polar surface area (TPSA) is 96.5 Å². The van der Waals surface area contributed by atoms with E-state index in [0.717, 1.165) is 53.0 Å². The molecule has 0 spiro atoms. The van der Waals surface area contributed by atoms with Crippen molar-refractivity contribution < 1.29 is 14.3 Å². The third-order valence-electron chi connectivity index (χ3n) is 6.29. The summed E-state index contributed by atoms with van der Waals surface area (Å²) in [5, 5.41) is 6.93. The van der Waals surface area contributed by atoms with Crippen molar-refractivity contribution in [1.82, 2.24) is 14.9 Å². The van der Waals surface area contributed by atoms with Gasteiger partial charge in [-0.2, -0.15) is 0 Å². The standard InChI is InChI=1S/C15H21N5O2.C8H9ClO.C5H12.C2H6/c1-2-13(22)20-7-3-4-10(8-20)18-14-11-5-6-12(21)19-15(11)17-9-16-14;1-6-3-7(9)5-8(4-6)10-2;1-4-5(2)3;1-2/h9-10H,2-8H2,1H3,(H2,16,17,18,19,21);3-5H,1-2H3;5H,4H2,1-3H3;1-2H3. The Morgan fingerprint density at radius 1 is 1.21 bits per heavy atom. The summed E-state index contributed by atoms with van der Waals surface area (Å²) >= 11 is 5.75. The second-order valence-corrected chi connectivity index (χ2v) is 10.2. The van der Waals surface area contributed by atoms with Crippen molar-refractivity contribution in [1.29, 1.82) is 0 Å². The summed E-state index contributed by atoms with van der Waals surface area (Å²) in [6.45, 7) is 16.1. The van der Waals surface area contributed by atoms with Crippen molar-refractivity contribution in [3.63, 3.8) is 0 Å². The lowest BCUT2D eigenvalue weighted by atomic mass is 10.0. The molecule has 218 valence electrons. The number of likely N-dealkylation sites (tertiary alicyclic amines) is 1. The van der Waals surface area contributed by atoms with E-state index in [1.165, 1.54) is 12.7 Å². The zero-order chi connectivity index (χ0) is 29.4. The largest absolute Gasteiger partial charge is 0.497 e. The Labute approximate surface area is 240 Å². The molecule has 0 radical (unpaired) electrons. The molecule has 9 heteroatoms. The molecule has 2 aliphatic heterocycles. The van der Waals surface area contributed by atoms with E-state index in [1.807, 2.05) is 44.7 Å². The molecule has 0 bridgehead atoms. The Bertz CT molecular complexity index is 1010. The number of halogens is 1. The molecule has 4 rings (SSSR count). The van der Waals surface area contributed by atoms with Crippen LogP contribution in [0.2, 0.25) is 5.02 Å². The van der Waals surface area contributed by atoms with Crippen LogP contribution in [-0.2, 0) is 16.0 Å². The van der Waals surface area contributed by atoms with Gasteiger partial charge in [-0.15, -0.1) is 0 Å². The molecular weight excluding hydrogens is 514 g/mol. The minimum atomic E-state index is -0.00506. The number of anilines is 2. The third kappa shape index (κ3) is 12.2. The number of amides is 2. The number of benzene rings is 1. The first kappa shape index (κ1) is 34.2. The van der Waals surface area contributed by atoms with Crippen LogP contribution in [-0.4, -0.2) is 52.9 Å². The van der Waals surface area contributed by atoms with E-state index in [9.17, 15) is 9.59 Å². The molecule has 1 fully saturated rings. The molecule has 1 aromatic heterocycles. The number of hydrogen-bond acceptors (Lipinski definition) is 6. The van der Waals surface area contributed by atoms with Gasteiger partial charge in [-0.05, 0) is 55.9 Å². The van der Waals surface area contributed by atoms with Crippen molar-refractivity contribution in [2.45, 2.75) is 93.0 Å². The first-order valence-corrected chi connectivity index (χ1v) is 14.5. The lowest BCUT2D eigenvalue weighted by Gasteiger charge is -2.34. The molecule has 2 N–H and O–H groups in total. The fourth-order valence-corrected chi connectivity index (χ4v) is 4.15. The van der Waals surface area contributed by atoms with Crippen LogP contribution in [0.3, 0.4) is 0 Å². The van der Waals surface area contributed by atoms with E-state index < -0.39 is 0 Å². The summed E-state index contributed by atoms with van der Waals surface area (Å²) in [4.78, 5) is 33.7. The summed E-state index contributed by atoms with van der Waals surface area (Å²) in [6.07, 6.45) is 6.42. The maximum absolute atomic E-state index is 11.9. The van der Waals surface area contributed by atoms with Gasteiger partial charge >= 0.3 is 0 Å². The van der Waals surface area contributed by atoms with Crippen molar-refractivity contribution >= 4 is 35.1 Å². The first-order valence-electron chi connectivity index (χ1n) is 14.2. The van der Waals surface area contributed by atoms with Crippen molar-refractivity contribution in [2.24, 2.45) is 5.92 Å². The van der Waals surface area contributed by atoms with Gasteiger partial charge in [0.2, 0.25) is 11.8 Å². The van der Waals surface area contributed by atoms with Gasteiger partial charge < -0.3 is 20.3 Å². The van der Waals surface area contributed by atoms with Crippen LogP contribution in [0, 0.1) is 12.8 Å². The molecule has 0 saturated carbocycles. The molecule has 1 saturated heterocycles. The molecule has 1 unspecified atom stereocenters. The molecule has 0 aliphatic carbocycles. The number of nitrogens with zero attached hydrogens (tertiary/aromatic N) is 3. The van der Waals surface area contributed by atoms with Crippen LogP contribution in [0.5, 0.6) is 5.75 Å². The lowest BCUT2D eigenvalue weighted by Crippen LogP contribution is -2.45.